The monoisotopic (exact) mass is 404 g/mol. The van der Waals surface area contributed by atoms with Crippen LogP contribution in [0.5, 0.6) is 5.75 Å². The normalized spacial score (nSPS) is 18.8. The molecule has 4 nitrogen and oxygen atoms in total. The van der Waals surface area contributed by atoms with E-state index in [2.05, 4.69) is 11.0 Å². The van der Waals surface area contributed by atoms with Crippen LogP contribution in [0.4, 0.5) is 0 Å². The van der Waals surface area contributed by atoms with Crippen molar-refractivity contribution in [2.75, 3.05) is 26.2 Å². The molecular formula is C21H25ClN2O2S. The summed E-state index contributed by atoms with van der Waals surface area (Å²) in [6, 6.07) is 11.7. The Bertz CT molecular complexity index is 763. The molecule has 2 aromatic rings. The van der Waals surface area contributed by atoms with Gasteiger partial charge in [-0.2, -0.15) is 0 Å². The SMILES string of the molecule is O=C(c1ccc(OC2CCN(Cc3ccc(Cl)s3)CC2)cc1)N1CCCC1. The van der Waals surface area contributed by atoms with Gasteiger partial charge in [0.2, 0.25) is 0 Å². The molecule has 144 valence electrons. The third-order valence-corrected chi connectivity index (χ3v) is 6.56. The Kier molecular flexibility index (Phi) is 6.01. The summed E-state index contributed by atoms with van der Waals surface area (Å²) in [6.45, 7) is 4.80. The Labute approximate surface area is 169 Å². The zero-order chi connectivity index (χ0) is 18.6. The van der Waals surface area contributed by atoms with Gasteiger partial charge in [0, 0.05) is 43.2 Å². The van der Waals surface area contributed by atoms with Gasteiger partial charge in [0.15, 0.2) is 0 Å². The van der Waals surface area contributed by atoms with E-state index < -0.39 is 0 Å². The van der Waals surface area contributed by atoms with Crippen LogP contribution in [-0.2, 0) is 6.54 Å². The number of ether oxygens (including phenoxy) is 1. The zero-order valence-electron chi connectivity index (χ0n) is 15.4. The maximum Gasteiger partial charge on any atom is 0.253 e. The third kappa shape index (κ3) is 4.84. The van der Waals surface area contributed by atoms with Gasteiger partial charge in [-0.15, -0.1) is 11.3 Å². The number of hydrogen-bond donors (Lipinski definition) is 0. The molecule has 6 heteroatoms. The Morgan fingerprint density at radius 3 is 2.37 bits per heavy atom. The molecule has 2 aliphatic rings. The Hall–Kier alpha value is -1.56. The molecule has 1 aromatic carbocycles. The smallest absolute Gasteiger partial charge is 0.253 e. The van der Waals surface area contributed by atoms with Gasteiger partial charge in [0.1, 0.15) is 11.9 Å². The van der Waals surface area contributed by atoms with Crippen molar-refractivity contribution in [3.63, 3.8) is 0 Å². The minimum atomic E-state index is 0.140. The highest BCUT2D eigenvalue weighted by molar-refractivity contribution is 7.16. The Morgan fingerprint density at radius 2 is 1.74 bits per heavy atom. The van der Waals surface area contributed by atoms with Crippen molar-refractivity contribution in [1.29, 1.82) is 0 Å². The fraction of sp³-hybridized carbons (Fsp3) is 0.476. The fourth-order valence-corrected chi connectivity index (χ4v) is 4.94. The molecular weight excluding hydrogens is 380 g/mol. The lowest BCUT2D eigenvalue weighted by molar-refractivity contribution is 0.0792. The van der Waals surface area contributed by atoms with Crippen molar-refractivity contribution in [1.82, 2.24) is 9.80 Å². The number of amides is 1. The van der Waals surface area contributed by atoms with E-state index in [-0.39, 0.29) is 12.0 Å². The number of carbonyl (C=O) groups is 1. The van der Waals surface area contributed by atoms with Gasteiger partial charge in [0.25, 0.3) is 5.91 Å². The number of piperidine rings is 1. The first-order valence-corrected chi connectivity index (χ1v) is 10.9. The molecule has 0 unspecified atom stereocenters. The quantitative estimate of drug-likeness (QED) is 0.725. The van der Waals surface area contributed by atoms with E-state index in [4.69, 9.17) is 16.3 Å². The number of halogens is 1. The molecule has 2 saturated heterocycles. The van der Waals surface area contributed by atoms with Gasteiger partial charge in [-0.25, -0.2) is 0 Å². The Morgan fingerprint density at radius 1 is 1.04 bits per heavy atom. The highest BCUT2D eigenvalue weighted by Gasteiger charge is 2.22. The largest absolute Gasteiger partial charge is 0.490 e. The van der Waals surface area contributed by atoms with Crippen LogP contribution < -0.4 is 4.74 Å². The lowest BCUT2D eigenvalue weighted by atomic mass is 10.1. The highest BCUT2D eigenvalue weighted by atomic mass is 35.5. The Balaban J connectivity index is 1.25. The summed E-state index contributed by atoms with van der Waals surface area (Å²) in [5.41, 5.74) is 0.758. The van der Waals surface area contributed by atoms with Crippen LogP contribution in [0, 0.1) is 0 Å². The molecule has 3 heterocycles. The van der Waals surface area contributed by atoms with Crippen LogP contribution in [0.3, 0.4) is 0 Å². The molecule has 0 saturated carbocycles. The summed E-state index contributed by atoms with van der Waals surface area (Å²) in [6.07, 6.45) is 4.52. The lowest BCUT2D eigenvalue weighted by Crippen LogP contribution is -2.37. The molecule has 1 amide bonds. The predicted octanol–water partition coefficient (Wildman–Crippen LogP) is 4.68. The lowest BCUT2D eigenvalue weighted by Gasteiger charge is -2.31. The molecule has 1 aromatic heterocycles. The first-order chi connectivity index (χ1) is 13.2. The molecule has 4 rings (SSSR count). The van der Waals surface area contributed by atoms with Crippen LogP contribution in [0.1, 0.15) is 40.9 Å². The summed E-state index contributed by atoms with van der Waals surface area (Å²) in [5.74, 6) is 0.998. The molecule has 2 aliphatic heterocycles. The molecule has 0 atom stereocenters. The summed E-state index contributed by atoms with van der Waals surface area (Å²) in [5, 5.41) is 0. The maximum atomic E-state index is 12.4. The average molecular weight is 405 g/mol. The van der Waals surface area contributed by atoms with Crippen LogP contribution in [-0.4, -0.2) is 48.0 Å². The first-order valence-electron chi connectivity index (χ1n) is 9.70. The highest BCUT2D eigenvalue weighted by Crippen LogP contribution is 2.25. The van der Waals surface area contributed by atoms with E-state index in [1.807, 2.05) is 35.2 Å². The number of carbonyl (C=O) groups excluding carboxylic acids is 1. The van der Waals surface area contributed by atoms with E-state index in [0.29, 0.717) is 0 Å². The van der Waals surface area contributed by atoms with Crippen LogP contribution in [0.25, 0.3) is 0 Å². The fourth-order valence-electron chi connectivity index (χ4n) is 3.81. The predicted molar refractivity (Wildman–Crippen MR) is 110 cm³/mol. The van der Waals surface area contributed by atoms with Crippen molar-refractivity contribution in [2.45, 2.75) is 38.3 Å². The van der Waals surface area contributed by atoms with Crippen LogP contribution in [0.15, 0.2) is 36.4 Å². The second kappa shape index (κ2) is 8.63. The van der Waals surface area contributed by atoms with Crippen molar-refractivity contribution in [3.8, 4) is 5.75 Å². The van der Waals surface area contributed by atoms with E-state index in [1.165, 1.54) is 4.88 Å². The average Bonchev–Trinajstić information content (AvgIpc) is 3.35. The number of likely N-dealkylation sites (tertiary alicyclic amines) is 2. The number of thiophene rings is 1. The van der Waals surface area contributed by atoms with Gasteiger partial charge in [0.05, 0.1) is 4.34 Å². The molecule has 0 radical (unpaired) electrons. The molecule has 0 spiro atoms. The van der Waals surface area contributed by atoms with E-state index in [0.717, 1.165) is 74.1 Å². The molecule has 0 bridgehead atoms. The number of nitrogens with zero attached hydrogens (tertiary/aromatic N) is 2. The van der Waals surface area contributed by atoms with Gasteiger partial charge >= 0.3 is 0 Å². The number of rotatable bonds is 5. The van der Waals surface area contributed by atoms with Crippen molar-refractivity contribution >= 4 is 28.8 Å². The maximum absolute atomic E-state index is 12.4. The summed E-state index contributed by atoms with van der Waals surface area (Å²) in [7, 11) is 0. The van der Waals surface area contributed by atoms with Crippen molar-refractivity contribution in [2.24, 2.45) is 0 Å². The topological polar surface area (TPSA) is 32.8 Å². The van der Waals surface area contributed by atoms with Crippen LogP contribution in [0.2, 0.25) is 4.34 Å². The third-order valence-electron chi connectivity index (χ3n) is 5.34. The molecule has 0 aliphatic carbocycles. The van der Waals surface area contributed by atoms with Gasteiger partial charge in [-0.3, -0.25) is 9.69 Å². The second-order valence-corrected chi connectivity index (χ2v) is 9.12. The molecule has 0 N–H and O–H groups in total. The van der Waals surface area contributed by atoms with Gasteiger partial charge in [-0.05, 0) is 62.1 Å². The van der Waals surface area contributed by atoms with Crippen molar-refractivity contribution < 1.29 is 9.53 Å². The van der Waals surface area contributed by atoms with E-state index in [9.17, 15) is 4.79 Å². The summed E-state index contributed by atoms with van der Waals surface area (Å²) >= 11 is 7.67. The minimum absolute atomic E-state index is 0.140. The molecule has 2 fully saturated rings. The van der Waals surface area contributed by atoms with E-state index in [1.54, 1.807) is 11.3 Å². The summed E-state index contributed by atoms with van der Waals surface area (Å²) < 4.78 is 7.00. The first kappa shape index (κ1) is 18.8. The standard InChI is InChI=1S/C21H25ClN2O2S/c22-20-8-7-19(27-20)15-23-13-9-18(10-14-23)26-17-5-3-16(4-6-17)21(25)24-11-1-2-12-24/h3-8,18H,1-2,9-15H2. The van der Waals surface area contributed by atoms with Gasteiger partial charge in [-0.1, -0.05) is 11.6 Å². The van der Waals surface area contributed by atoms with Gasteiger partial charge < -0.3 is 9.64 Å². The summed E-state index contributed by atoms with van der Waals surface area (Å²) in [4.78, 5) is 18.1. The van der Waals surface area contributed by atoms with E-state index >= 15 is 0 Å². The second-order valence-electron chi connectivity index (χ2n) is 7.32. The zero-order valence-corrected chi connectivity index (χ0v) is 17.0. The number of benzene rings is 1. The van der Waals surface area contributed by atoms with Crippen LogP contribution >= 0.6 is 22.9 Å². The minimum Gasteiger partial charge on any atom is -0.490 e. The number of hydrogen-bond acceptors (Lipinski definition) is 4. The molecule has 27 heavy (non-hydrogen) atoms. The van der Waals surface area contributed by atoms with Crippen molar-refractivity contribution in [3.05, 3.63) is 51.2 Å².